The molecule has 0 aliphatic heterocycles. The van der Waals surface area contributed by atoms with Crippen molar-refractivity contribution < 1.29 is 4.74 Å². The number of nitrogens with zero attached hydrogens (tertiary/aromatic N) is 2. The zero-order valence-corrected chi connectivity index (χ0v) is 12.8. The van der Waals surface area contributed by atoms with Gasteiger partial charge in [0, 0.05) is 12.1 Å². The van der Waals surface area contributed by atoms with E-state index in [2.05, 4.69) is 40.7 Å². The largest absolute Gasteiger partial charge is 0.489 e. The van der Waals surface area contributed by atoms with Gasteiger partial charge in [0.25, 0.3) is 0 Å². The Balaban J connectivity index is 1.68. The van der Waals surface area contributed by atoms with Crippen molar-refractivity contribution in [1.82, 2.24) is 9.55 Å². The molecule has 0 spiro atoms. The maximum Gasteiger partial charge on any atom is 0.119 e. The van der Waals surface area contributed by atoms with Crippen LogP contribution in [0.15, 0.2) is 67.1 Å². The Kier molecular flexibility index (Phi) is 4.54. The molecule has 0 saturated heterocycles. The van der Waals surface area contributed by atoms with Gasteiger partial charge in [-0.2, -0.15) is 0 Å². The molecule has 1 aromatic heterocycles. The normalized spacial score (nSPS) is 10.6. The van der Waals surface area contributed by atoms with Crippen molar-refractivity contribution in [3.63, 3.8) is 0 Å². The molecule has 0 aliphatic carbocycles. The fourth-order valence-electron chi connectivity index (χ4n) is 2.44. The van der Waals surface area contributed by atoms with Crippen molar-refractivity contribution in [2.45, 2.75) is 26.5 Å². The number of aromatic nitrogens is 2. The van der Waals surface area contributed by atoms with Crippen LogP contribution in [0.3, 0.4) is 0 Å². The molecule has 3 rings (SSSR count). The highest BCUT2D eigenvalue weighted by atomic mass is 16.5. The van der Waals surface area contributed by atoms with E-state index in [1.807, 2.05) is 42.9 Å². The number of ether oxygens (including phenoxy) is 1. The van der Waals surface area contributed by atoms with Crippen molar-refractivity contribution >= 4 is 0 Å². The highest BCUT2D eigenvalue weighted by Gasteiger charge is 2.05. The second kappa shape index (κ2) is 6.94. The zero-order chi connectivity index (χ0) is 15.2. The first-order chi connectivity index (χ1) is 10.9. The molecule has 0 fully saturated rings. The van der Waals surface area contributed by atoms with E-state index in [-0.39, 0.29) is 0 Å². The first kappa shape index (κ1) is 14.4. The minimum absolute atomic E-state index is 0.591. The molecule has 3 heteroatoms. The van der Waals surface area contributed by atoms with Crippen LogP contribution < -0.4 is 4.74 Å². The van der Waals surface area contributed by atoms with Crippen LogP contribution in [-0.4, -0.2) is 9.55 Å². The molecule has 112 valence electrons. The van der Waals surface area contributed by atoms with Crippen LogP contribution in [0.25, 0.3) is 11.3 Å². The Labute approximate surface area is 131 Å². The van der Waals surface area contributed by atoms with E-state index >= 15 is 0 Å². The Hall–Kier alpha value is -2.55. The second-order valence-corrected chi connectivity index (χ2v) is 5.27. The maximum atomic E-state index is 5.82. The molecule has 0 atom stereocenters. The number of rotatable bonds is 6. The molecule has 0 aliphatic rings. The minimum Gasteiger partial charge on any atom is -0.489 e. The van der Waals surface area contributed by atoms with E-state index in [4.69, 9.17) is 4.74 Å². The number of hydrogen-bond donors (Lipinski definition) is 0. The molecule has 2 aromatic carbocycles. The fraction of sp³-hybridized carbons (Fsp3) is 0.211. The molecule has 0 radical (unpaired) electrons. The van der Waals surface area contributed by atoms with Gasteiger partial charge in [0.2, 0.25) is 0 Å². The molecule has 1 heterocycles. The summed E-state index contributed by atoms with van der Waals surface area (Å²) < 4.78 is 8.00. The number of benzene rings is 2. The lowest BCUT2D eigenvalue weighted by Crippen LogP contribution is -1.98. The lowest BCUT2D eigenvalue weighted by molar-refractivity contribution is 0.306. The summed E-state index contributed by atoms with van der Waals surface area (Å²) >= 11 is 0. The SMILES string of the molecule is CCCn1cncc1-c1ccc(OCc2ccccc2)cc1. The molecule has 22 heavy (non-hydrogen) atoms. The van der Waals surface area contributed by atoms with Crippen molar-refractivity contribution in [3.05, 3.63) is 72.7 Å². The molecule has 0 bridgehead atoms. The van der Waals surface area contributed by atoms with Gasteiger partial charge in [0.1, 0.15) is 12.4 Å². The monoisotopic (exact) mass is 292 g/mol. The molecule has 0 saturated carbocycles. The first-order valence-electron chi connectivity index (χ1n) is 7.64. The third-order valence-electron chi connectivity index (χ3n) is 3.58. The maximum absolute atomic E-state index is 5.82. The Morgan fingerprint density at radius 3 is 2.50 bits per heavy atom. The quantitative estimate of drug-likeness (QED) is 0.667. The van der Waals surface area contributed by atoms with E-state index in [9.17, 15) is 0 Å². The Bertz CT molecular complexity index is 702. The van der Waals surface area contributed by atoms with Gasteiger partial charge in [0.15, 0.2) is 0 Å². The van der Waals surface area contributed by atoms with Gasteiger partial charge in [-0.3, -0.25) is 0 Å². The summed E-state index contributed by atoms with van der Waals surface area (Å²) in [4.78, 5) is 4.25. The van der Waals surface area contributed by atoms with Crippen LogP contribution in [0.4, 0.5) is 0 Å². The van der Waals surface area contributed by atoms with Crippen molar-refractivity contribution in [2.75, 3.05) is 0 Å². The van der Waals surface area contributed by atoms with Gasteiger partial charge in [-0.25, -0.2) is 4.98 Å². The third kappa shape index (κ3) is 3.37. The highest BCUT2D eigenvalue weighted by Crippen LogP contribution is 2.23. The predicted molar refractivity (Wildman–Crippen MR) is 88.7 cm³/mol. The van der Waals surface area contributed by atoms with Crippen molar-refractivity contribution in [2.24, 2.45) is 0 Å². The van der Waals surface area contributed by atoms with Gasteiger partial charge in [-0.1, -0.05) is 37.3 Å². The zero-order valence-electron chi connectivity index (χ0n) is 12.8. The molecular weight excluding hydrogens is 272 g/mol. The van der Waals surface area contributed by atoms with Crippen LogP contribution in [0.1, 0.15) is 18.9 Å². The average molecular weight is 292 g/mol. The number of imidazole rings is 1. The third-order valence-corrected chi connectivity index (χ3v) is 3.58. The predicted octanol–water partition coefficient (Wildman–Crippen LogP) is 4.54. The van der Waals surface area contributed by atoms with Crippen LogP contribution in [-0.2, 0) is 13.2 Å². The highest BCUT2D eigenvalue weighted by molar-refractivity contribution is 5.59. The van der Waals surface area contributed by atoms with E-state index in [1.165, 1.54) is 5.56 Å². The summed E-state index contributed by atoms with van der Waals surface area (Å²) in [5, 5.41) is 0. The number of hydrogen-bond acceptors (Lipinski definition) is 2. The van der Waals surface area contributed by atoms with E-state index < -0.39 is 0 Å². The smallest absolute Gasteiger partial charge is 0.119 e. The Morgan fingerprint density at radius 2 is 1.77 bits per heavy atom. The van der Waals surface area contributed by atoms with E-state index in [0.717, 1.165) is 30.0 Å². The molecule has 0 unspecified atom stereocenters. The van der Waals surface area contributed by atoms with Gasteiger partial charge in [0.05, 0.1) is 18.2 Å². The van der Waals surface area contributed by atoms with Gasteiger partial charge < -0.3 is 9.30 Å². The summed E-state index contributed by atoms with van der Waals surface area (Å²) in [6, 6.07) is 18.4. The molecule has 0 amide bonds. The van der Waals surface area contributed by atoms with E-state index in [0.29, 0.717) is 6.61 Å². The van der Waals surface area contributed by atoms with Gasteiger partial charge in [-0.05, 0) is 36.2 Å². The summed E-state index contributed by atoms with van der Waals surface area (Å²) in [6.45, 7) is 3.75. The minimum atomic E-state index is 0.591. The fourth-order valence-corrected chi connectivity index (χ4v) is 2.44. The number of aryl methyl sites for hydroxylation is 1. The van der Waals surface area contributed by atoms with Crippen molar-refractivity contribution in [1.29, 1.82) is 0 Å². The summed E-state index contributed by atoms with van der Waals surface area (Å²) in [7, 11) is 0. The molecule has 0 N–H and O–H groups in total. The van der Waals surface area contributed by atoms with Gasteiger partial charge in [-0.15, -0.1) is 0 Å². The Morgan fingerprint density at radius 1 is 1.00 bits per heavy atom. The topological polar surface area (TPSA) is 27.1 Å². The summed E-state index contributed by atoms with van der Waals surface area (Å²) in [5.74, 6) is 0.883. The molecule has 3 nitrogen and oxygen atoms in total. The molecular formula is C19H20N2O. The first-order valence-corrected chi connectivity index (χ1v) is 7.64. The second-order valence-electron chi connectivity index (χ2n) is 5.27. The van der Waals surface area contributed by atoms with Crippen LogP contribution in [0.5, 0.6) is 5.75 Å². The lowest BCUT2D eigenvalue weighted by atomic mass is 10.1. The standard InChI is InChI=1S/C19H20N2O/c1-2-12-21-15-20-13-19(21)17-8-10-18(11-9-17)22-14-16-6-4-3-5-7-16/h3-11,13,15H,2,12,14H2,1H3. The van der Waals surface area contributed by atoms with Crippen LogP contribution in [0, 0.1) is 0 Å². The van der Waals surface area contributed by atoms with Gasteiger partial charge >= 0.3 is 0 Å². The summed E-state index contributed by atoms with van der Waals surface area (Å²) in [5.41, 5.74) is 3.49. The lowest BCUT2D eigenvalue weighted by Gasteiger charge is -2.09. The van der Waals surface area contributed by atoms with Crippen LogP contribution in [0.2, 0.25) is 0 Å². The average Bonchev–Trinajstić information content (AvgIpc) is 3.03. The van der Waals surface area contributed by atoms with Crippen LogP contribution >= 0.6 is 0 Å². The van der Waals surface area contributed by atoms with Crippen molar-refractivity contribution in [3.8, 4) is 17.0 Å². The van der Waals surface area contributed by atoms with E-state index in [1.54, 1.807) is 0 Å². The molecule has 3 aromatic rings. The summed E-state index contributed by atoms with van der Waals surface area (Å²) in [6.07, 6.45) is 4.90.